The second-order valence-corrected chi connectivity index (χ2v) is 5.08. The Kier molecular flexibility index (Phi) is 4.61. The largest absolute Gasteiger partial charge is 0.476 e. The van der Waals surface area contributed by atoms with Gasteiger partial charge in [0.2, 0.25) is 5.88 Å². The third-order valence-corrected chi connectivity index (χ3v) is 3.17. The lowest BCUT2D eigenvalue weighted by atomic mass is 10.0. The molecule has 0 saturated heterocycles. The van der Waals surface area contributed by atoms with Gasteiger partial charge in [-0.25, -0.2) is 4.98 Å². The van der Waals surface area contributed by atoms with E-state index < -0.39 is 0 Å². The maximum absolute atomic E-state index is 5.55. The minimum Gasteiger partial charge on any atom is -0.476 e. The molecule has 2 rings (SSSR count). The Morgan fingerprint density at radius 2 is 1.90 bits per heavy atom. The Morgan fingerprint density at radius 1 is 1.20 bits per heavy atom. The molecule has 3 heteroatoms. The lowest BCUT2D eigenvalue weighted by Gasteiger charge is -2.18. The van der Waals surface area contributed by atoms with E-state index >= 15 is 0 Å². The first kappa shape index (κ1) is 14.4. The van der Waals surface area contributed by atoms with E-state index in [0.29, 0.717) is 12.5 Å². The van der Waals surface area contributed by atoms with Gasteiger partial charge in [0.15, 0.2) is 0 Å². The fraction of sp³-hybridized carbons (Fsp3) is 0.353. The van der Waals surface area contributed by atoms with E-state index in [9.17, 15) is 0 Å². The normalized spacial score (nSPS) is 12.0. The molecule has 0 aliphatic heterocycles. The molecule has 1 aromatic heterocycles. The van der Waals surface area contributed by atoms with Crippen LogP contribution in [0.2, 0.25) is 0 Å². The zero-order valence-electron chi connectivity index (χ0n) is 12.6. The van der Waals surface area contributed by atoms with Gasteiger partial charge in [0, 0.05) is 12.2 Å². The summed E-state index contributed by atoms with van der Waals surface area (Å²) < 4.78 is 5.55. The lowest BCUT2D eigenvalue weighted by molar-refractivity contribution is 0.328. The summed E-state index contributed by atoms with van der Waals surface area (Å²) in [4.78, 5) is 4.27. The highest BCUT2D eigenvalue weighted by Gasteiger charge is 2.10. The van der Waals surface area contributed by atoms with Crippen LogP contribution in [0.5, 0.6) is 5.88 Å². The molecule has 0 aliphatic rings. The Balaban J connectivity index is 2.21. The van der Waals surface area contributed by atoms with Crippen molar-refractivity contribution in [1.82, 2.24) is 4.98 Å². The van der Waals surface area contributed by atoms with E-state index in [2.05, 4.69) is 49.3 Å². The predicted molar refractivity (Wildman–Crippen MR) is 83.4 cm³/mol. The first-order valence-electron chi connectivity index (χ1n) is 7.02. The maximum Gasteiger partial charge on any atom is 0.237 e. The van der Waals surface area contributed by atoms with Crippen molar-refractivity contribution < 1.29 is 4.74 Å². The number of benzene rings is 1. The van der Waals surface area contributed by atoms with Crippen molar-refractivity contribution in [3.63, 3.8) is 0 Å². The molecule has 0 aliphatic carbocycles. The Hall–Kier alpha value is -2.03. The third kappa shape index (κ3) is 3.50. The number of rotatable bonds is 5. The first-order valence-corrected chi connectivity index (χ1v) is 7.02. The van der Waals surface area contributed by atoms with Gasteiger partial charge in [-0.05, 0) is 45.4 Å². The van der Waals surface area contributed by atoms with Crippen LogP contribution in [0.1, 0.15) is 36.6 Å². The van der Waals surface area contributed by atoms with Crippen LogP contribution in [0.4, 0.5) is 5.69 Å². The van der Waals surface area contributed by atoms with E-state index in [-0.39, 0.29) is 6.04 Å². The van der Waals surface area contributed by atoms with Crippen LogP contribution < -0.4 is 10.1 Å². The fourth-order valence-corrected chi connectivity index (χ4v) is 2.33. The molecule has 1 aromatic carbocycles. The summed E-state index contributed by atoms with van der Waals surface area (Å²) in [7, 11) is 0. The summed E-state index contributed by atoms with van der Waals surface area (Å²) in [6, 6.07) is 10.7. The van der Waals surface area contributed by atoms with Crippen molar-refractivity contribution in [1.29, 1.82) is 0 Å². The number of pyridine rings is 1. The topological polar surface area (TPSA) is 34.1 Å². The van der Waals surface area contributed by atoms with Crippen LogP contribution >= 0.6 is 0 Å². The van der Waals surface area contributed by atoms with Gasteiger partial charge in [-0.1, -0.05) is 29.3 Å². The van der Waals surface area contributed by atoms with Crippen molar-refractivity contribution >= 4 is 5.69 Å². The maximum atomic E-state index is 5.55. The van der Waals surface area contributed by atoms with Crippen LogP contribution in [0, 0.1) is 13.8 Å². The summed E-state index contributed by atoms with van der Waals surface area (Å²) in [6.07, 6.45) is 1.75. The van der Waals surface area contributed by atoms with Gasteiger partial charge in [0.1, 0.15) is 0 Å². The summed E-state index contributed by atoms with van der Waals surface area (Å²) in [5, 5.41) is 3.48. The SMILES string of the molecule is CCOc1ncccc1NC(C)c1cc(C)cc(C)c1. The Morgan fingerprint density at radius 3 is 2.55 bits per heavy atom. The number of nitrogens with one attached hydrogen (secondary N) is 1. The summed E-state index contributed by atoms with van der Waals surface area (Å²) in [5.41, 5.74) is 4.77. The van der Waals surface area contributed by atoms with Gasteiger partial charge in [-0.2, -0.15) is 0 Å². The molecule has 3 nitrogen and oxygen atoms in total. The highest BCUT2D eigenvalue weighted by atomic mass is 16.5. The van der Waals surface area contributed by atoms with Gasteiger partial charge in [0.25, 0.3) is 0 Å². The van der Waals surface area contributed by atoms with Gasteiger partial charge in [-0.15, -0.1) is 0 Å². The number of aromatic nitrogens is 1. The highest BCUT2D eigenvalue weighted by molar-refractivity contribution is 5.53. The van der Waals surface area contributed by atoms with E-state index in [1.54, 1.807) is 6.20 Å². The van der Waals surface area contributed by atoms with Crippen LogP contribution in [-0.4, -0.2) is 11.6 Å². The number of ether oxygens (including phenoxy) is 1. The predicted octanol–water partition coefficient (Wildman–Crippen LogP) is 4.27. The van der Waals surface area contributed by atoms with E-state index in [4.69, 9.17) is 4.74 Å². The zero-order valence-corrected chi connectivity index (χ0v) is 12.6. The summed E-state index contributed by atoms with van der Waals surface area (Å²) in [6.45, 7) is 8.98. The average Bonchev–Trinajstić information content (AvgIpc) is 2.40. The number of aryl methyl sites for hydroxylation is 2. The quantitative estimate of drug-likeness (QED) is 0.881. The molecular weight excluding hydrogens is 248 g/mol. The van der Waals surface area contributed by atoms with Crippen LogP contribution in [-0.2, 0) is 0 Å². The lowest BCUT2D eigenvalue weighted by Crippen LogP contribution is -2.09. The van der Waals surface area contributed by atoms with Gasteiger partial charge in [-0.3, -0.25) is 0 Å². The fourth-order valence-electron chi connectivity index (χ4n) is 2.33. The minimum absolute atomic E-state index is 0.206. The van der Waals surface area contributed by atoms with Crippen LogP contribution in [0.25, 0.3) is 0 Å². The molecule has 0 bridgehead atoms. The van der Waals surface area contributed by atoms with Crippen molar-refractivity contribution in [2.75, 3.05) is 11.9 Å². The first-order chi connectivity index (χ1) is 9.60. The molecule has 0 amide bonds. The molecule has 0 spiro atoms. The van der Waals surface area contributed by atoms with Crippen LogP contribution in [0.15, 0.2) is 36.5 Å². The molecule has 1 atom stereocenters. The highest BCUT2D eigenvalue weighted by Crippen LogP contribution is 2.26. The van der Waals surface area contributed by atoms with Crippen LogP contribution in [0.3, 0.4) is 0 Å². The summed E-state index contributed by atoms with van der Waals surface area (Å²) >= 11 is 0. The van der Waals surface area contributed by atoms with Gasteiger partial charge < -0.3 is 10.1 Å². The molecular formula is C17H22N2O. The van der Waals surface area contributed by atoms with Crippen molar-refractivity contribution in [2.45, 2.75) is 33.7 Å². The molecule has 2 aromatic rings. The molecule has 0 fully saturated rings. The Bertz CT molecular complexity index is 561. The molecule has 1 unspecified atom stereocenters. The second-order valence-electron chi connectivity index (χ2n) is 5.08. The summed E-state index contributed by atoms with van der Waals surface area (Å²) in [5.74, 6) is 0.659. The molecule has 20 heavy (non-hydrogen) atoms. The minimum atomic E-state index is 0.206. The van der Waals surface area contributed by atoms with Gasteiger partial charge in [0.05, 0.1) is 12.3 Å². The number of anilines is 1. The Labute approximate surface area is 121 Å². The molecule has 1 heterocycles. The second kappa shape index (κ2) is 6.42. The monoisotopic (exact) mass is 270 g/mol. The number of hydrogen-bond donors (Lipinski definition) is 1. The third-order valence-electron chi connectivity index (χ3n) is 3.17. The smallest absolute Gasteiger partial charge is 0.237 e. The standard InChI is InChI=1S/C17H22N2O/c1-5-20-17-16(7-6-8-18-17)19-14(4)15-10-12(2)9-13(3)11-15/h6-11,14,19H,5H2,1-4H3. The molecule has 1 N–H and O–H groups in total. The molecule has 106 valence electrons. The van der Waals surface area contributed by atoms with Gasteiger partial charge >= 0.3 is 0 Å². The average molecular weight is 270 g/mol. The van der Waals surface area contributed by atoms with E-state index in [1.165, 1.54) is 16.7 Å². The zero-order chi connectivity index (χ0) is 14.5. The van der Waals surface area contributed by atoms with E-state index in [0.717, 1.165) is 5.69 Å². The number of hydrogen-bond acceptors (Lipinski definition) is 3. The number of nitrogens with zero attached hydrogens (tertiary/aromatic N) is 1. The van der Waals surface area contributed by atoms with Crippen molar-refractivity contribution in [2.24, 2.45) is 0 Å². The molecule has 0 saturated carbocycles. The van der Waals surface area contributed by atoms with E-state index in [1.807, 2.05) is 19.1 Å². The van der Waals surface area contributed by atoms with Crippen molar-refractivity contribution in [3.05, 3.63) is 53.2 Å². The molecule has 0 radical (unpaired) electrons. The van der Waals surface area contributed by atoms with Crippen molar-refractivity contribution in [3.8, 4) is 5.88 Å².